The standard InChI is InChI=1S/C38H42Ge2O6/c1-39(2,35(41)29-15-9-7-10-16-29)37(43)31-19-23-33(24-20-31)45-27-13-5-6-14-28-46-34-25-21-32(22-26-34)38(44)40(3,4)36(42)30-17-11-8-12-18-30/h7-12,15-26H,5-6,13-14,27-28H2,1-4H3. The van der Waals surface area contributed by atoms with Crippen LogP contribution in [0, 0.1) is 0 Å². The molecule has 8 heteroatoms. The fourth-order valence-corrected chi connectivity index (χ4v) is 13.5. The van der Waals surface area contributed by atoms with Gasteiger partial charge in [0.25, 0.3) is 0 Å². The average molecular weight is 740 g/mol. The van der Waals surface area contributed by atoms with Crippen LogP contribution in [0.25, 0.3) is 0 Å². The first-order valence-electron chi connectivity index (χ1n) is 15.8. The minimum absolute atomic E-state index is 0.0134. The second-order valence-electron chi connectivity index (χ2n) is 12.5. The number of hydrogen-bond donors (Lipinski definition) is 0. The Morgan fingerprint density at radius 2 is 0.696 bits per heavy atom. The number of carbonyl (C=O) groups is 4. The Balaban J connectivity index is 1.13. The van der Waals surface area contributed by atoms with Crippen molar-refractivity contribution in [1.29, 1.82) is 0 Å². The molecule has 0 spiro atoms. The van der Waals surface area contributed by atoms with Gasteiger partial charge in [0.2, 0.25) is 0 Å². The van der Waals surface area contributed by atoms with Crippen LogP contribution >= 0.6 is 0 Å². The summed E-state index contributed by atoms with van der Waals surface area (Å²) < 4.78 is 11.7. The predicted octanol–water partition coefficient (Wildman–Crippen LogP) is 8.41. The van der Waals surface area contributed by atoms with Gasteiger partial charge in [0, 0.05) is 0 Å². The molecule has 0 unspecified atom stereocenters. The van der Waals surface area contributed by atoms with E-state index >= 15 is 0 Å². The molecule has 0 saturated carbocycles. The van der Waals surface area contributed by atoms with Crippen molar-refractivity contribution in [2.45, 2.75) is 48.7 Å². The molecule has 0 heterocycles. The summed E-state index contributed by atoms with van der Waals surface area (Å²) in [5.74, 6) is 8.83. The Morgan fingerprint density at radius 3 is 1.00 bits per heavy atom. The van der Waals surface area contributed by atoms with Gasteiger partial charge in [-0.15, -0.1) is 0 Å². The van der Waals surface area contributed by atoms with Crippen LogP contribution in [0.1, 0.15) is 67.1 Å². The molecule has 0 N–H and O–H groups in total. The third kappa shape index (κ3) is 8.95. The summed E-state index contributed by atoms with van der Waals surface area (Å²) in [5.41, 5.74) is 2.34. The molecule has 0 radical (unpaired) electrons. The van der Waals surface area contributed by atoms with Crippen LogP contribution in [0.15, 0.2) is 109 Å². The van der Waals surface area contributed by atoms with E-state index in [-0.39, 0.29) is 18.5 Å². The second kappa shape index (κ2) is 16.2. The molecule has 0 aliphatic heterocycles. The molecule has 4 aromatic rings. The van der Waals surface area contributed by atoms with Crippen LogP contribution in [-0.4, -0.2) is 58.2 Å². The first kappa shape index (κ1) is 35.1. The van der Waals surface area contributed by atoms with Gasteiger partial charge in [-0.3, -0.25) is 0 Å². The number of ether oxygens (including phenoxy) is 2. The molecule has 0 atom stereocenters. The van der Waals surface area contributed by atoms with Crippen LogP contribution in [0.4, 0.5) is 0 Å². The molecular formula is C38H42Ge2O6. The quantitative estimate of drug-likeness (QED) is 0.0799. The van der Waals surface area contributed by atoms with Gasteiger partial charge in [-0.05, 0) is 0 Å². The van der Waals surface area contributed by atoms with Gasteiger partial charge in [-0.2, -0.15) is 0 Å². The van der Waals surface area contributed by atoms with Gasteiger partial charge in [-0.25, -0.2) is 0 Å². The molecule has 0 fully saturated rings. The van der Waals surface area contributed by atoms with Crippen LogP contribution in [0.2, 0.25) is 23.0 Å². The summed E-state index contributed by atoms with van der Waals surface area (Å²) in [6.07, 6.45) is 3.78. The molecule has 0 aliphatic rings. The van der Waals surface area contributed by atoms with Gasteiger partial charge < -0.3 is 0 Å². The van der Waals surface area contributed by atoms with Gasteiger partial charge in [0.05, 0.1) is 0 Å². The molecule has 6 nitrogen and oxygen atoms in total. The van der Waals surface area contributed by atoms with Crippen molar-refractivity contribution in [1.82, 2.24) is 0 Å². The summed E-state index contributed by atoms with van der Waals surface area (Å²) in [7, 11) is 0. The summed E-state index contributed by atoms with van der Waals surface area (Å²) >= 11 is -6.90. The molecule has 0 aromatic heterocycles. The van der Waals surface area contributed by atoms with Crippen molar-refractivity contribution in [3.63, 3.8) is 0 Å². The molecule has 238 valence electrons. The van der Waals surface area contributed by atoms with E-state index in [1.54, 1.807) is 72.8 Å². The number of benzene rings is 4. The van der Waals surface area contributed by atoms with Gasteiger partial charge in [0.15, 0.2) is 0 Å². The fraction of sp³-hybridized carbons (Fsp3) is 0.263. The van der Waals surface area contributed by atoms with Crippen LogP contribution in [0.3, 0.4) is 0 Å². The number of carbonyl (C=O) groups excluding carboxylic acids is 4. The van der Waals surface area contributed by atoms with E-state index in [0.717, 1.165) is 25.7 Å². The molecule has 4 aromatic carbocycles. The van der Waals surface area contributed by atoms with Gasteiger partial charge in [-0.1, -0.05) is 0 Å². The van der Waals surface area contributed by atoms with Crippen molar-refractivity contribution in [3.8, 4) is 11.5 Å². The number of rotatable bonds is 17. The molecule has 46 heavy (non-hydrogen) atoms. The molecule has 0 bridgehead atoms. The SMILES string of the molecule is [CH3][Ge]([CH3])([C](=O)c1ccccc1)[C](=O)c1ccc(OCCCCCCOc2ccc([C](=O)[Ge]([CH3])([CH3])[C](=O)c3ccccc3)cc2)cc1. The van der Waals surface area contributed by atoms with E-state index in [2.05, 4.69) is 0 Å². The van der Waals surface area contributed by atoms with Crippen LogP contribution in [-0.2, 0) is 0 Å². The minimum atomic E-state index is -3.45. The zero-order valence-corrected chi connectivity index (χ0v) is 31.3. The van der Waals surface area contributed by atoms with Crippen molar-refractivity contribution in [2.24, 2.45) is 0 Å². The van der Waals surface area contributed by atoms with Crippen LogP contribution < -0.4 is 9.47 Å². The Labute approximate surface area is 277 Å². The maximum absolute atomic E-state index is 13.2. The third-order valence-corrected chi connectivity index (χ3v) is 20.1. The van der Waals surface area contributed by atoms with Crippen molar-refractivity contribution in [2.75, 3.05) is 13.2 Å². The Bertz CT molecular complexity index is 1510. The average Bonchev–Trinajstić information content (AvgIpc) is 3.09. The Hall–Kier alpha value is -3.75. The van der Waals surface area contributed by atoms with E-state index in [1.165, 1.54) is 0 Å². The monoisotopic (exact) mass is 742 g/mol. The predicted molar refractivity (Wildman–Crippen MR) is 188 cm³/mol. The third-order valence-electron chi connectivity index (χ3n) is 8.15. The first-order chi connectivity index (χ1) is 22.0. The maximum atomic E-state index is 13.2. The molecule has 4 rings (SSSR count). The Kier molecular flexibility index (Phi) is 12.4. The zero-order valence-electron chi connectivity index (χ0n) is 27.1. The van der Waals surface area contributed by atoms with Crippen LogP contribution in [0.5, 0.6) is 11.5 Å². The molecule has 0 amide bonds. The summed E-state index contributed by atoms with van der Waals surface area (Å²) in [6.45, 7) is 1.15. The number of unbranched alkanes of at least 4 members (excludes halogenated alkanes) is 3. The van der Waals surface area contributed by atoms with E-state index < -0.39 is 26.5 Å². The van der Waals surface area contributed by atoms with Gasteiger partial charge in [0.1, 0.15) is 0 Å². The number of hydrogen-bond acceptors (Lipinski definition) is 6. The van der Waals surface area contributed by atoms with Crippen molar-refractivity contribution in [3.05, 3.63) is 131 Å². The van der Waals surface area contributed by atoms with Gasteiger partial charge >= 0.3 is 279 Å². The van der Waals surface area contributed by atoms with E-state index in [9.17, 15) is 19.2 Å². The van der Waals surface area contributed by atoms with E-state index in [1.807, 2.05) is 59.4 Å². The first-order valence-corrected chi connectivity index (χ1v) is 28.4. The van der Waals surface area contributed by atoms with E-state index in [0.29, 0.717) is 47.0 Å². The fourth-order valence-electron chi connectivity index (χ4n) is 5.17. The molecule has 0 saturated heterocycles. The molecular weight excluding hydrogens is 698 g/mol. The van der Waals surface area contributed by atoms with Crippen molar-refractivity contribution < 1.29 is 28.7 Å². The van der Waals surface area contributed by atoms with E-state index in [4.69, 9.17) is 9.47 Å². The normalized spacial score (nSPS) is 11.5. The Morgan fingerprint density at radius 1 is 0.413 bits per heavy atom. The summed E-state index contributed by atoms with van der Waals surface area (Å²) in [4.78, 5) is 52.4. The zero-order chi connectivity index (χ0) is 33.2. The summed E-state index contributed by atoms with van der Waals surface area (Å²) in [5, 5.41) is 0. The van der Waals surface area contributed by atoms with Crippen molar-refractivity contribution >= 4 is 45.0 Å². The topological polar surface area (TPSA) is 86.7 Å². The second-order valence-corrected chi connectivity index (χ2v) is 29.9. The summed E-state index contributed by atoms with van der Waals surface area (Å²) in [6, 6.07) is 32.4. The molecule has 0 aliphatic carbocycles.